The maximum Gasteiger partial charge on any atom is 0.393 e. The first-order valence-corrected chi connectivity index (χ1v) is 6.59. The highest BCUT2D eigenvalue weighted by atomic mass is 19.4. The van der Waals surface area contributed by atoms with Crippen LogP contribution < -0.4 is 4.90 Å². The highest BCUT2D eigenvalue weighted by Crippen LogP contribution is 2.37. The van der Waals surface area contributed by atoms with Crippen molar-refractivity contribution in [3.8, 4) is 0 Å². The third kappa shape index (κ3) is 3.06. The Balaban J connectivity index is 2.30. The lowest BCUT2D eigenvalue weighted by Crippen LogP contribution is -2.42. The fraction of sp³-hybridized carbons (Fsp3) is 0.571. The van der Waals surface area contributed by atoms with Gasteiger partial charge in [0.2, 0.25) is 0 Å². The van der Waals surface area contributed by atoms with Crippen molar-refractivity contribution in [3.05, 3.63) is 29.6 Å². The SMILES string of the molecule is C[C@@H](O)c1c(F)cccc1N1CCCC(C(F)(F)F)C1. The number of benzene rings is 1. The lowest BCUT2D eigenvalue weighted by Gasteiger charge is -2.36. The van der Waals surface area contributed by atoms with Gasteiger partial charge >= 0.3 is 6.18 Å². The Morgan fingerprint density at radius 1 is 1.35 bits per heavy atom. The minimum atomic E-state index is -4.24. The van der Waals surface area contributed by atoms with E-state index >= 15 is 0 Å². The van der Waals surface area contributed by atoms with Crippen LogP contribution in [0.15, 0.2) is 18.2 Å². The van der Waals surface area contributed by atoms with Gasteiger partial charge in [0.15, 0.2) is 0 Å². The summed E-state index contributed by atoms with van der Waals surface area (Å²) in [5, 5.41) is 9.65. The number of nitrogens with zero attached hydrogens (tertiary/aromatic N) is 1. The number of rotatable bonds is 2. The molecule has 0 amide bonds. The molecule has 0 aromatic heterocycles. The lowest BCUT2D eigenvalue weighted by molar-refractivity contribution is -0.176. The number of alkyl halides is 3. The predicted octanol–water partition coefficient (Wildman–Crippen LogP) is 3.66. The van der Waals surface area contributed by atoms with Crippen LogP contribution in [0.25, 0.3) is 0 Å². The third-order valence-corrected chi connectivity index (χ3v) is 3.67. The van der Waals surface area contributed by atoms with Crippen LogP contribution in [0.3, 0.4) is 0 Å². The van der Waals surface area contributed by atoms with E-state index in [1.54, 1.807) is 6.07 Å². The van der Waals surface area contributed by atoms with Gasteiger partial charge in [0.25, 0.3) is 0 Å². The predicted molar refractivity (Wildman–Crippen MR) is 68.0 cm³/mol. The molecular formula is C14H17F4NO. The quantitative estimate of drug-likeness (QED) is 0.841. The summed E-state index contributed by atoms with van der Waals surface area (Å²) in [6, 6.07) is 4.22. The molecule has 0 saturated carbocycles. The molecule has 1 aromatic rings. The summed E-state index contributed by atoms with van der Waals surface area (Å²) in [4.78, 5) is 1.52. The standard InChI is InChI=1S/C14H17F4NO/c1-9(20)13-11(15)5-2-6-12(13)19-7-3-4-10(8-19)14(16,17)18/h2,5-6,9-10,20H,3-4,7-8H2,1H3/t9-,10?/m1/s1. The molecule has 1 aromatic carbocycles. The van der Waals surface area contributed by atoms with Crippen molar-refractivity contribution >= 4 is 5.69 Å². The molecule has 20 heavy (non-hydrogen) atoms. The molecular weight excluding hydrogens is 274 g/mol. The Bertz CT molecular complexity index is 473. The molecule has 1 N–H and O–H groups in total. The molecule has 0 radical (unpaired) electrons. The molecule has 2 atom stereocenters. The summed E-state index contributed by atoms with van der Waals surface area (Å²) >= 11 is 0. The molecule has 1 aliphatic rings. The van der Waals surface area contributed by atoms with E-state index in [1.807, 2.05) is 0 Å². The molecule has 0 bridgehead atoms. The molecule has 2 nitrogen and oxygen atoms in total. The largest absolute Gasteiger partial charge is 0.393 e. The van der Waals surface area contributed by atoms with Crippen molar-refractivity contribution in [2.24, 2.45) is 5.92 Å². The number of halogens is 4. The second-order valence-electron chi connectivity index (χ2n) is 5.18. The molecule has 1 aliphatic heterocycles. The van der Waals surface area contributed by atoms with Gasteiger partial charge in [-0.05, 0) is 31.9 Å². The average Bonchev–Trinajstić information content (AvgIpc) is 2.37. The number of piperidine rings is 1. The van der Waals surface area contributed by atoms with E-state index in [9.17, 15) is 22.7 Å². The smallest absolute Gasteiger partial charge is 0.389 e. The number of aliphatic hydroxyl groups excluding tert-OH is 1. The minimum absolute atomic E-state index is 0.0651. The first kappa shape index (κ1) is 15.1. The maximum atomic E-state index is 13.8. The zero-order chi connectivity index (χ0) is 14.9. The van der Waals surface area contributed by atoms with E-state index < -0.39 is 24.0 Å². The van der Waals surface area contributed by atoms with Gasteiger partial charge in [-0.25, -0.2) is 4.39 Å². The van der Waals surface area contributed by atoms with Crippen LogP contribution in [0.4, 0.5) is 23.2 Å². The maximum absolute atomic E-state index is 13.8. The van der Waals surface area contributed by atoms with Crippen LogP contribution in [0, 0.1) is 11.7 Å². The first-order chi connectivity index (χ1) is 9.30. The Morgan fingerprint density at radius 2 is 2.05 bits per heavy atom. The fourth-order valence-corrected chi connectivity index (χ4v) is 2.68. The van der Waals surface area contributed by atoms with Crippen LogP contribution in [0.1, 0.15) is 31.4 Å². The van der Waals surface area contributed by atoms with E-state index in [1.165, 1.54) is 24.0 Å². The highest BCUT2D eigenvalue weighted by Gasteiger charge is 2.42. The van der Waals surface area contributed by atoms with Crippen molar-refractivity contribution in [1.29, 1.82) is 0 Å². The van der Waals surface area contributed by atoms with Crippen LogP contribution in [-0.2, 0) is 0 Å². The highest BCUT2D eigenvalue weighted by molar-refractivity contribution is 5.55. The van der Waals surface area contributed by atoms with Crippen LogP contribution in [0.2, 0.25) is 0 Å². The molecule has 0 aliphatic carbocycles. The Morgan fingerprint density at radius 3 is 2.65 bits per heavy atom. The molecule has 112 valence electrons. The monoisotopic (exact) mass is 291 g/mol. The summed E-state index contributed by atoms with van der Waals surface area (Å²) in [7, 11) is 0. The summed E-state index contributed by atoms with van der Waals surface area (Å²) in [6.07, 6.45) is -4.80. The van der Waals surface area contributed by atoms with Crippen LogP contribution in [0.5, 0.6) is 0 Å². The Hall–Kier alpha value is -1.30. The molecule has 0 spiro atoms. The van der Waals surface area contributed by atoms with Crippen LogP contribution in [-0.4, -0.2) is 24.4 Å². The van der Waals surface area contributed by atoms with Gasteiger partial charge in [-0.1, -0.05) is 6.07 Å². The van der Waals surface area contributed by atoms with E-state index in [0.717, 1.165) is 0 Å². The minimum Gasteiger partial charge on any atom is -0.389 e. The number of anilines is 1. The topological polar surface area (TPSA) is 23.5 Å². The van der Waals surface area contributed by atoms with E-state index in [-0.39, 0.29) is 18.5 Å². The molecule has 6 heteroatoms. The summed E-state index contributed by atoms with van der Waals surface area (Å²) < 4.78 is 52.2. The second-order valence-corrected chi connectivity index (χ2v) is 5.18. The Labute approximate surface area is 115 Å². The van der Waals surface area contributed by atoms with Gasteiger partial charge in [0.05, 0.1) is 12.0 Å². The van der Waals surface area contributed by atoms with Gasteiger partial charge in [0.1, 0.15) is 5.82 Å². The van der Waals surface area contributed by atoms with E-state index in [0.29, 0.717) is 18.7 Å². The lowest BCUT2D eigenvalue weighted by atomic mass is 9.95. The number of hydrogen-bond acceptors (Lipinski definition) is 2. The van der Waals surface area contributed by atoms with E-state index in [2.05, 4.69) is 0 Å². The van der Waals surface area contributed by atoms with E-state index in [4.69, 9.17) is 0 Å². The molecule has 1 heterocycles. The molecule has 1 fully saturated rings. The van der Waals surface area contributed by atoms with Crippen molar-refractivity contribution in [2.75, 3.05) is 18.0 Å². The van der Waals surface area contributed by atoms with Gasteiger partial charge in [-0.15, -0.1) is 0 Å². The van der Waals surface area contributed by atoms with Crippen molar-refractivity contribution < 1.29 is 22.7 Å². The summed E-state index contributed by atoms with van der Waals surface area (Å²) in [6.45, 7) is 1.66. The summed E-state index contributed by atoms with van der Waals surface area (Å²) in [5.74, 6) is -1.99. The second kappa shape index (κ2) is 5.60. The zero-order valence-corrected chi connectivity index (χ0v) is 11.1. The molecule has 1 saturated heterocycles. The van der Waals surface area contributed by atoms with Gasteiger partial charge in [0, 0.05) is 24.3 Å². The molecule has 2 rings (SSSR count). The van der Waals surface area contributed by atoms with Crippen molar-refractivity contribution in [1.82, 2.24) is 0 Å². The summed E-state index contributed by atoms with van der Waals surface area (Å²) in [5.41, 5.74) is 0.421. The normalized spacial score (nSPS) is 21.9. The first-order valence-electron chi connectivity index (χ1n) is 6.59. The van der Waals surface area contributed by atoms with Gasteiger partial charge in [-0.2, -0.15) is 13.2 Å². The Kier molecular flexibility index (Phi) is 4.22. The average molecular weight is 291 g/mol. The van der Waals surface area contributed by atoms with Crippen LogP contribution >= 0.6 is 0 Å². The number of hydrogen-bond donors (Lipinski definition) is 1. The fourth-order valence-electron chi connectivity index (χ4n) is 2.68. The number of aliphatic hydroxyl groups is 1. The van der Waals surface area contributed by atoms with Gasteiger partial charge in [-0.3, -0.25) is 0 Å². The third-order valence-electron chi connectivity index (χ3n) is 3.67. The zero-order valence-electron chi connectivity index (χ0n) is 11.1. The molecule has 1 unspecified atom stereocenters. The van der Waals surface area contributed by atoms with Crippen molar-refractivity contribution in [2.45, 2.75) is 32.0 Å². The van der Waals surface area contributed by atoms with Gasteiger partial charge < -0.3 is 10.0 Å². The van der Waals surface area contributed by atoms with Crippen molar-refractivity contribution in [3.63, 3.8) is 0 Å².